The molecule has 0 spiro atoms. The Hall–Kier alpha value is -1.98. The molecule has 18 heavy (non-hydrogen) atoms. The minimum absolute atomic E-state index is 0.138. The highest BCUT2D eigenvalue weighted by Crippen LogP contribution is 2.24. The Kier molecular flexibility index (Phi) is 2.33. The van der Waals surface area contributed by atoms with Gasteiger partial charge in [-0.3, -0.25) is 4.55 Å². The standard InChI is InChI=1S/C13H8O4S/c14-18(15,16)11-5-6-13-10(8-11)7-9-3-1-2-4-12(9)17-13/h1-8H/p+1. The summed E-state index contributed by atoms with van der Waals surface area (Å²) in [5, 5.41) is 1.50. The highest BCUT2D eigenvalue weighted by atomic mass is 32.2. The van der Waals surface area contributed by atoms with Gasteiger partial charge in [0.15, 0.2) is 0 Å². The van der Waals surface area contributed by atoms with E-state index in [9.17, 15) is 8.42 Å². The molecule has 0 aliphatic rings. The van der Waals surface area contributed by atoms with Crippen LogP contribution in [0.15, 0.2) is 57.8 Å². The molecule has 0 amide bonds. The van der Waals surface area contributed by atoms with Crippen LogP contribution in [-0.4, -0.2) is 13.0 Å². The van der Waals surface area contributed by atoms with Crippen LogP contribution in [-0.2, 0) is 10.1 Å². The summed E-state index contributed by atoms with van der Waals surface area (Å²) in [6.45, 7) is 0. The zero-order valence-corrected chi connectivity index (χ0v) is 10.0. The van der Waals surface area contributed by atoms with Crippen molar-refractivity contribution >= 4 is 32.1 Å². The van der Waals surface area contributed by atoms with Gasteiger partial charge in [-0.25, -0.2) is 4.42 Å². The summed E-state index contributed by atoms with van der Waals surface area (Å²) < 4.78 is 36.8. The fourth-order valence-electron chi connectivity index (χ4n) is 1.87. The minimum Gasteiger partial charge on any atom is -0.282 e. The van der Waals surface area contributed by atoms with Crippen molar-refractivity contribution < 1.29 is 17.4 Å². The Labute approximate surface area is 103 Å². The number of hydrogen-bond acceptors (Lipinski definition) is 2. The summed E-state index contributed by atoms with van der Waals surface area (Å²) in [4.78, 5) is -0.138. The molecule has 4 nitrogen and oxygen atoms in total. The predicted molar refractivity (Wildman–Crippen MR) is 67.9 cm³/mol. The number of benzene rings is 2. The van der Waals surface area contributed by atoms with Crippen LogP contribution in [0.3, 0.4) is 0 Å². The first-order chi connectivity index (χ1) is 8.54. The van der Waals surface area contributed by atoms with E-state index >= 15 is 0 Å². The molecule has 0 saturated carbocycles. The number of fused-ring (bicyclic) bond motifs is 2. The van der Waals surface area contributed by atoms with Crippen LogP contribution in [0.25, 0.3) is 21.9 Å². The fourth-order valence-corrected chi connectivity index (χ4v) is 2.39. The second-order valence-corrected chi connectivity index (χ2v) is 5.38. The quantitative estimate of drug-likeness (QED) is 0.415. The van der Waals surface area contributed by atoms with Gasteiger partial charge in [0.05, 0.1) is 15.7 Å². The van der Waals surface area contributed by atoms with E-state index in [1.807, 2.05) is 30.3 Å². The van der Waals surface area contributed by atoms with E-state index in [-0.39, 0.29) is 4.90 Å². The maximum Gasteiger partial charge on any atom is 0.360 e. The Morgan fingerprint density at radius 3 is 2.39 bits per heavy atom. The van der Waals surface area contributed by atoms with Gasteiger partial charge in [0.2, 0.25) is 0 Å². The van der Waals surface area contributed by atoms with Crippen molar-refractivity contribution in [2.24, 2.45) is 0 Å². The maximum absolute atomic E-state index is 11.1. The Bertz CT molecular complexity index is 853. The molecule has 90 valence electrons. The van der Waals surface area contributed by atoms with Gasteiger partial charge < -0.3 is 0 Å². The van der Waals surface area contributed by atoms with Gasteiger partial charge in [-0.05, 0) is 24.3 Å². The van der Waals surface area contributed by atoms with Gasteiger partial charge in [0, 0.05) is 12.1 Å². The zero-order valence-electron chi connectivity index (χ0n) is 9.20. The van der Waals surface area contributed by atoms with E-state index in [0.29, 0.717) is 11.0 Å². The molecule has 0 aliphatic heterocycles. The van der Waals surface area contributed by atoms with Crippen molar-refractivity contribution in [3.8, 4) is 0 Å². The van der Waals surface area contributed by atoms with E-state index in [1.54, 1.807) is 0 Å². The largest absolute Gasteiger partial charge is 0.360 e. The molecular weight excluding hydrogens is 252 g/mol. The third kappa shape index (κ3) is 1.83. The summed E-state index contributed by atoms with van der Waals surface area (Å²) in [5.41, 5.74) is 1.30. The molecule has 0 atom stereocenters. The first kappa shape index (κ1) is 11.1. The maximum atomic E-state index is 11.1. The van der Waals surface area contributed by atoms with E-state index < -0.39 is 10.1 Å². The lowest BCUT2D eigenvalue weighted by molar-refractivity contribution is 0.483. The zero-order chi connectivity index (χ0) is 12.8. The van der Waals surface area contributed by atoms with Gasteiger partial charge in [0.25, 0.3) is 10.1 Å². The molecule has 1 aromatic heterocycles. The number of rotatable bonds is 1. The van der Waals surface area contributed by atoms with Gasteiger partial charge >= 0.3 is 11.2 Å². The Balaban J connectivity index is 2.37. The molecule has 0 saturated heterocycles. The Morgan fingerprint density at radius 1 is 0.889 bits per heavy atom. The average Bonchev–Trinajstić information content (AvgIpc) is 2.34. The first-order valence-electron chi connectivity index (χ1n) is 5.27. The highest BCUT2D eigenvalue weighted by molar-refractivity contribution is 7.85. The molecule has 3 rings (SSSR count). The van der Waals surface area contributed by atoms with Crippen LogP contribution >= 0.6 is 0 Å². The average molecular weight is 261 g/mol. The van der Waals surface area contributed by atoms with Crippen LogP contribution in [0.5, 0.6) is 0 Å². The van der Waals surface area contributed by atoms with E-state index in [0.717, 1.165) is 11.0 Å². The van der Waals surface area contributed by atoms with Crippen LogP contribution in [0, 0.1) is 0 Å². The third-order valence-electron chi connectivity index (χ3n) is 2.73. The topological polar surface area (TPSA) is 65.7 Å². The Morgan fingerprint density at radius 2 is 1.61 bits per heavy atom. The summed E-state index contributed by atoms with van der Waals surface area (Å²) >= 11 is 0. The van der Waals surface area contributed by atoms with E-state index in [1.165, 1.54) is 18.2 Å². The molecule has 0 aliphatic carbocycles. The van der Waals surface area contributed by atoms with Crippen LogP contribution in [0.1, 0.15) is 0 Å². The minimum atomic E-state index is -4.19. The van der Waals surface area contributed by atoms with Gasteiger partial charge in [0.1, 0.15) is 0 Å². The molecule has 2 aromatic carbocycles. The molecule has 0 radical (unpaired) electrons. The second-order valence-electron chi connectivity index (χ2n) is 3.96. The van der Waals surface area contributed by atoms with E-state index in [2.05, 4.69) is 0 Å². The van der Waals surface area contributed by atoms with Crippen LogP contribution in [0.4, 0.5) is 0 Å². The molecule has 0 unspecified atom stereocenters. The summed E-state index contributed by atoms with van der Waals surface area (Å²) in [6.07, 6.45) is 0. The molecule has 1 heterocycles. The van der Waals surface area contributed by atoms with E-state index in [4.69, 9.17) is 8.97 Å². The third-order valence-corrected chi connectivity index (χ3v) is 3.58. The number of hydrogen-bond donors (Lipinski definition) is 1. The van der Waals surface area contributed by atoms with Gasteiger partial charge in [-0.1, -0.05) is 12.1 Å². The highest BCUT2D eigenvalue weighted by Gasteiger charge is 2.16. The predicted octanol–water partition coefficient (Wildman–Crippen LogP) is 3.11. The molecule has 3 aromatic rings. The van der Waals surface area contributed by atoms with Crippen molar-refractivity contribution in [1.82, 2.24) is 0 Å². The van der Waals surface area contributed by atoms with Crippen LogP contribution in [0.2, 0.25) is 0 Å². The summed E-state index contributed by atoms with van der Waals surface area (Å²) in [5.74, 6) is 0. The normalized spacial score (nSPS) is 12.1. The molecule has 5 heteroatoms. The SMILES string of the molecule is O=S(=O)(O)c1ccc2[o+]c3ccccc3cc2c1. The molecule has 0 fully saturated rings. The molecular formula is C13H9O4S+. The second kappa shape index (κ2) is 3.76. The van der Waals surface area contributed by atoms with Gasteiger partial charge in [-0.15, -0.1) is 0 Å². The molecule has 0 bridgehead atoms. The smallest absolute Gasteiger partial charge is 0.282 e. The first-order valence-corrected chi connectivity index (χ1v) is 6.71. The van der Waals surface area contributed by atoms with Crippen molar-refractivity contribution in [3.63, 3.8) is 0 Å². The van der Waals surface area contributed by atoms with Crippen LogP contribution < -0.4 is 0 Å². The summed E-state index contributed by atoms with van der Waals surface area (Å²) in [7, 11) is -4.19. The van der Waals surface area contributed by atoms with Crippen molar-refractivity contribution in [2.75, 3.05) is 0 Å². The molecule has 1 N–H and O–H groups in total. The fraction of sp³-hybridized carbons (Fsp3) is 0. The lowest BCUT2D eigenvalue weighted by Gasteiger charge is -1.96. The van der Waals surface area contributed by atoms with Crippen molar-refractivity contribution in [3.05, 3.63) is 48.5 Å². The lowest BCUT2D eigenvalue weighted by atomic mass is 10.1. The van der Waals surface area contributed by atoms with Crippen molar-refractivity contribution in [1.29, 1.82) is 0 Å². The van der Waals surface area contributed by atoms with Crippen molar-refractivity contribution in [2.45, 2.75) is 4.90 Å². The lowest BCUT2D eigenvalue weighted by Crippen LogP contribution is -1.97. The number of para-hydroxylation sites is 1. The monoisotopic (exact) mass is 261 g/mol. The van der Waals surface area contributed by atoms with Gasteiger partial charge in [-0.2, -0.15) is 8.42 Å². The summed E-state index contributed by atoms with van der Waals surface area (Å²) in [6, 6.07) is 13.5.